The third-order valence-electron chi connectivity index (χ3n) is 3.53. The zero-order valence-corrected chi connectivity index (χ0v) is 10.5. The maximum Gasteiger partial charge on any atom is 0.395 e. The van der Waals surface area contributed by atoms with E-state index in [1.54, 1.807) is 0 Å². The van der Waals surface area contributed by atoms with E-state index in [4.69, 9.17) is 5.73 Å². The molecule has 0 aromatic carbocycles. The van der Waals surface area contributed by atoms with Crippen molar-refractivity contribution in [3.8, 4) is 0 Å². The molecule has 0 atom stereocenters. The van der Waals surface area contributed by atoms with Crippen LogP contribution >= 0.6 is 0 Å². The number of piperidine rings is 1. The number of nitrogens with two attached hydrogens (primary N) is 1. The lowest BCUT2D eigenvalue weighted by Crippen LogP contribution is -2.54. The Hall–Kier alpha value is -0.980. The van der Waals surface area contributed by atoms with Crippen molar-refractivity contribution < 1.29 is 18.0 Å². The molecule has 0 aliphatic carbocycles. The molecular weight excluding hydrogens is 247 g/mol. The van der Waals surface area contributed by atoms with Crippen molar-refractivity contribution in [2.45, 2.75) is 32.4 Å². The number of alkyl halides is 3. The van der Waals surface area contributed by atoms with Gasteiger partial charge in [0.2, 0.25) is 0 Å². The van der Waals surface area contributed by atoms with Gasteiger partial charge in [-0.2, -0.15) is 13.2 Å². The summed E-state index contributed by atoms with van der Waals surface area (Å²) in [4.78, 5) is 13.0. The summed E-state index contributed by atoms with van der Waals surface area (Å²) < 4.78 is 38.8. The van der Waals surface area contributed by atoms with Gasteiger partial charge in [0, 0.05) is 26.2 Å². The van der Waals surface area contributed by atoms with Gasteiger partial charge >= 0.3 is 12.2 Å². The van der Waals surface area contributed by atoms with Crippen LogP contribution in [0.5, 0.6) is 0 Å². The van der Waals surface area contributed by atoms with Crippen molar-refractivity contribution in [1.29, 1.82) is 0 Å². The topological polar surface area (TPSA) is 58.4 Å². The Morgan fingerprint density at radius 3 is 2.33 bits per heavy atom. The van der Waals surface area contributed by atoms with Gasteiger partial charge in [-0.15, -0.1) is 0 Å². The Morgan fingerprint density at radius 1 is 1.39 bits per heavy atom. The predicted octanol–water partition coefficient (Wildman–Crippen LogP) is 1.71. The zero-order chi connectivity index (χ0) is 13.8. The fourth-order valence-corrected chi connectivity index (χ4v) is 2.08. The Labute approximate surface area is 105 Å². The molecule has 0 unspecified atom stereocenters. The molecular formula is C11H20F3N3O. The minimum atomic E-state index is -4.30. The van der Waals surface area contributed by atoms with Gasteiger partial charge in [0.1, 0.15) is 0 Å². The molecule has 2 amide bonds. The number of nitrogens with one attached hydrogen (secondary N) is 1. The van der Waals surface area contributed by atoms with E-state index in [0.717, 1.165) is 6.42 Å². The van der Waals surface area contributed by atoms with Crippen LogP contribution in [-0.4, -0.2) is 43.3 Å². The molecule has 0 spiro atoms. The van der Waals surface area contributed by atoms with Crippen LogP contribution in [-0.2, 0) is 0 Å². The molecule has 0 aromatic rings. The first-order valence-electron chi connectivity index (χ1n) is 6.16. The number of carbonyl (C=O) groups excluding carboxylic acids is 1. The summed E-state index contributed by atoms with van der Waals surface area (Å²) in [6, 6.07) is -0.287. The van der Waals surface area contributed by atoms with Gasteiger partial charge in [-0.05, 0) is 19.3 Å². The van der Waals surface area contributed by atoms with Crippen molar-refractivity contribution in [2.75, 3.05) is 26.2 Å². The van der Waals surface area contributed by atoms with E-state index in [0.29, 0.717) is 6.54 Å². The minimum Gasteiger partial charge on any atom is -0.338 e. The number of carbonyl (C=O) groups is 1. The van der Waals surface area contributed by atoms with Crippen molar-refractivity contribution in [3.05, 3.63) is 0 Å². The number of amides is 2. The lowest BCUT2D eigenvalue weighted by molar-refractivity contribution is -0.232. The average molecular weight is 267 g/mol. The van der Waals surface area contributed by atoms with Gasteiger partial charge in [-0.1, -0.05) is 6.92 Å². The molecule has 0 radical (unpaired) electrons. The molecule has 1 aliphatic heterocycles. The molecule has 1 aliphatic rings. The second kappa shape index (κ2) is 5.77. The fourth-order valence-electron chi connectivity index (χ4n) is 2.08. The highest BCUT2D eigenvalue weighted by Crippen LogP contribution is 2.45. The SMILES string of the molecule is CCCNC(=O)N1CCC(CN)(C(F)(F)F)CC1. The molecule has 3 N–H and O–H groups in total. The Balaban J connectivity index is 2.56. The third kappa shape index (κ3) is 3.07. The number of hydrogen-bond acceptors (Lipinski definition) is 2. The molecule has 7 heteroatoms. The van der Waals surface area contributed by atoms with Crippen LogP contribution in [0.2, 0.25) is 0 Å². The smallest absolute Gasteiger partial charge is 0.338 e. The van der Waals surface area contributed by atoms with Crippen molar-refractivity contribution in [2.24, 2.45) is 11.1 Å². The van der Waals surface area contributed by atoms with Crippen LogP contribution in [0.3, 0.4) is 0 Å². The van der Waals surface area contributed by atoms with Gasteiger partial charge in [0.05, 0.1) is 5.41 Å². The highest BCUT2D eigenvalue weighted by Gasteiger charge is 2.54. The Morgan fingerprint density at radius 2 is 1.94 bits per heavy atom. The molecule has 0 saturated carbocycles. The monoisotopic (exact) mass is 267 g/mol. The normalized spacial score (nSPS) is 19.7. The summed E-state index contributed by atoms with van der Waals surface area (Å²) in [7, 11) is 0. The predicted molar refractivity (Wildman–Crippen MR) is 62.0 cm³/mol. The Kier molecular flexibility index (Phi) is 4.84. The van der Waals surface area contributed by atoms with Crippen molar-refractivity contribution in [1.82, 2.24) is 10.2 Å². The van der Waals surface area contributed by atoms with Gasteiger partial charge in [0.25, 0.3) is 0 Å². The first-order valence-corrected chi connectivity index (χ1v) is 6.16. The molecule has 0 aromatic heterocycles. The number of nitrogens with zero attached hydrogens (tertiary/aromatic N) is 1. The number of hydrogen-bond donors (Lipinski definition) is 2. The maximum atomic E-state index is 12.9. The highest BCUT2D eigenvalue weighted by molar-refractivity contribution is 5.74. The fraction of sp³-hybridized carbons (Fsp3) is 0.909. The molecule has 18 heavy (non-hydrogen) atoms. The van der Waals surface area contributed by atoms with Crippen LogP contribution in [0, 0.1) is 5.41 Å². The Bertz CT molecular complexity index is 286. The minimum absolute atomic E-state index is 0.103. The van der Waals surface area contributed by atoms with Gasteiger partial charge in [0.15, 0.2) is 0 Å². The van der Waals surface area contributed by atoms with E-state index in [9.17, 15) is 18.0 Å². The molecule has 4 nitrogen and oxygen atoms in total. The van der Waals surface area contributed by atoms with E-state index < -0.39 is 18.1 Å². The summed E-state index contributed by atoms with van der Waals surface area (Å²) in [5.74, 6) is 0. The molecule has 1 heterocycles. The van der Waals surface area contributed by atoms with E-state index in [1.807, 2.05) is 6.92 Å². The van der Waals surface area contributed by atoms with Gasteiger partial charge in [-0.25, -0.2) is 4.79 Å². The molecule has 1 rings (SSSR count). The lowest BCUT2D eigenvalue weighted by Gasteiger charge is -2.42. The summed E-state index contributed by atoms with van der Waals surface area (Å²) in [5.41, 5.74) is 3.46. The van der Waals surface area contributed by atoms with Gasteiger partial charge < -0.3 is 16.0 Å². The van der Waals surface area contributed by atoms with E-state index in [2.05, 4.69) is 5.32 Å². The van der Waals surface area contributed by atoms with Crippen LogP contribution in [0.15, 0.2) is 0 Å². The second-order valence-corrected chi connectivity index (χ2v) is 4.70. The number of likely N-dealkylation sites (tertiary alicyclic amines) is 1. The maximum absolute atomic E-state index is 12.9. The number of urea groups is 1. The third-order valence-corrected chi connectivity index (χ3v) is 3.53. The quantitative estimate of drug-likeness (QED) is 0.818. The first-order chi connectivity index (χ1) is 8.36. The number of halogens is 3. The summed E-state index contributed by atoms with van der Waals surface area (Å²) in [6.45, 7) is 2.25. The highest BCUT2D eigenvalue weighted by atomic mass is 19.4. The van der Waals surface area contributed by atoms with Gasteiger partial charge in [-0.3, -0.25) is 0 Å². The van der Waals surface area contributed by atoms with Crippen LogP contribution in [0.25, 0.3) is 0 Å². The molecule has 1 fully saturated rings. The van der Waals surface area contributed by atoms with Crippen LogP contribution in [0.1, 0.15) is 26.2 Å². The summed E-state index contributed by atoms with van der Waals surface area (Å²) >= 11 is 0. The molecule has 1 saturated heterocycles. The zero-order valence-electron chi connectivity index (χ0n) is 10.5. The molecule has 106 valence electrons. The standard InChI is InChI=1S/C11H20F3N3O/c1-2-5-16-9(18)17-6-3-10(8-15,4-7-17)11(12,13)14/h2-8,15H2,1H3,(H,16,18). The number of rotatable bonds is 3. The van der Waals surface area contributed by atoms with E-state index in [1.165, 1.54) is 4.90 Å². The van der Waals surface area contributed by atoms with Crippen LogP contribution in [0.4, 0.5) is 18.0 Å². The summed E-state index contributed by atoms with van der Waals surface area (Å²) in [5, 5.41) is 2.66. The summed E-state index contributed by atoms with van der Waals surface area (Å²) in [6.07, 6.45) is -3.73. The first kappa shape index (κ1) is 15.1. The van der Waals surface area contributed by atoms with Crippen molar-refractivity contribution in [3.63, 3.8) is 0 Å². The van der Waals surface area contributed by atoms with E-state index in [-0.39, 0.29) is 32.0 Å². The van der Waals surface area contributed by atoms with E-state index >= 15 is 0 Å². The van der Waals surface area contributed by atoms with Crippen molar-refractivity contribution >= 4 is 6.03 Å². The largest absolute Gasteiger partial charge is 0.395 e. The lowest BCUT2D eigenvalue weighted by atomic mass is 9.78. The van der Waals surface area contributed by atoms with Crippen LogP contribution < -0.4 is 11.1 Å². The molecule has 0 bridgehead atoms. The second-order valence-electron chi connectivity index (χ2n) is 4.70. The average Bonchev–Trinajstić information content (AvgIpc) is 2.34.